The maximum Gasteiger partial charge on any atom is 0.324 e. The van der Waals surface area contributed by atoms with E-state index in [1.54, 1.807) is 78.3 Å². The summed E-state index contributed by atoms with van der Waals surface area (Å²) in [7, 11) is -2.49. The number of nitrogens with two attached hydrogens (primary N) is 1. The maximum atomic E-state index is 13.8. The lowest BCUT2D eigenvalue weighted by Crippen LogP contribution is -2.36. The Morgan fingerprint density at radius 2 is 1.84 bits per heavy atom. The van der Waals surface area contributed by atoms with E-state index in [1.807, 2.05) is 0 Å². The van der Waals surface area contributed by atoms with Crippen molar-refractivity contribution < 1.29 is 18.3 Å². The Morgan fingerprint density at radius 1 is 1.11 bits per heavy atom. The molecule has 0 saturated heterocycles. The number of para-hydroxylation sites is 1. The third-order valence-corrected chi connectivity index (χ3v) is 7.85. The van der Waals surface area contributed by atoms with Crippen molar-refractivity contribution in [1.29, 1.82) is 5.41 Å². The fourth-order valence-corrected chi connectivity index (χ4v) is 5.73. The molecule has 12 heteroatoms. The predicted octanol–water partition coefficient (Wildman–Crippen LogP) is 3.43. The van der Waals surface area contributed by atoms with Crippen molar-refractivity contribution >= 4 is 61.1 Å². The molecular weight excluding hydrogens is 506 g/mol. The van der Waals surface area contributed by atoms with E-state index in [1.165, 1.54) is 12.3 Å². The van der Waals surface area contributed by atoms with Crippen LogP contribution < -0.4 is 15.4 Å². The molecule has 0 amide bonds. The second-order valence-corrected chi connectivity index (χ2v) is 10.4. The maximum absolute atomic E-state index is 13.8. The topological polar surface area (TPSA) is 167 Å². The fraction of sp³-hybridized carbons (Fsp3) is 0.0769. The van der Waals surface area contributed by atoms with Gasteiger partial charge in [0, 0.05) is 29.9 Å². The molecule has 0 spiro atoms. The van der Waals surface area contributed by atoms with Gasteiger partial charge in [-0.15, -0.1) is 0 Å². The molecule has 38 heavy (non-hydrogen) atoms. The number of rotatable bonds is 8. The number of fused-ring (bicyclic) bond motifs is 2. The van der Waals surface area contributed by atoms with E-state index < -0.39 is 22.5 Å². The smallest absolute Gasteiger partial charge is 0.324 e. The minimum Gasteiger partial charge on any atom is -0.480 e. The van der Waals surface area contributed by atoms with Gasteiger partial charge in [-0.1, -0.05) is 18.2 Å². The molecule has 0 bridgehead atoms. The lowest BCUT2D eigenvalue weighted by molar-refractivity contribution is -0.135. The molecule has 0 unspecified atom stereocenters. The van der Waals surface area contributed by atoms with Crippen molar-refractivity contribution in [2.45, 2.75) is 4.90 Å². The highest BCUT2D eigenvalue weighted by atomic mass is 32.2. The van der Waals surface area contributed by atoms with Gasteiger partial charge in [-0.25, -0.2) is 13.4 Å². The summed E-state index contributed by atoms with van der Waals surface area (Å²) in [5, 5.41) is 20.9. The van der Waals surface area contributed by atoms with E-state index >= 15 is 0 Å². The molecule has 5 rings (SSSR count). The summed E-state index contributed by atoms with van der Waals surface area (Å²) in [6.45, 7) is -0.780. The van der Waals surface area contributed by atoms with Crippen LogP contribution in [0.25, 0.3) is 21.9 Å². The zero-order valence-electron chi connectivity index (χ0n) is 20.2. The van der Waals surface area contributed by atoms with Crippen LogP contribution in [0.1, 0.15) is 5.56 Å². The summed E-state index contributed by atoms with van der Waals surface area (Å²) in [5.74, 6) is -0.857. The number of aryl methyl sites for hydroxylation is 1. The second-order valence-electron chi connectivity index (χ2n) is 8.52. The minimum atomic E-state index is -4.30. The van der Waals surface area contributed by atoms with Crippen molar-refractivity contribution in [3.8, 4) is 0 Å². The quantitative estimate of drug-likeness (QED) is 0.175. The molecule has 0 aliphatic carbocycles. The number of aliphatic carboxylic acids is 1. The van der Waals surface area contributed by atoms with Gasteiger partial charge in [0.25, 0.3) is 10.0 Å². The van der Waals surface area contributed by atoms with Crippen LogP contribution >= 0.6 is 0 Å². The first-order valence-electron chi connectivity index (χ1n) is 11.4. The number of carboxylic acids is 1. The highest BCUT2D eigenvalue weighted by Crippen LogP contribution is 2.31. The molecule has 0 aliphatic rings. The average molecular weight is 530 g/mol. The number of aromatic nitrogens is 3. The Bertz CT molecular complexity index is 1810. The standard InChI is InChI=1S/C26H23N7O4S/c1-32-21-12-11-19(14-20(21)31-26(32)30-18-9-7-17(8-10-18)25(27)28)33(15-23(34)35)38(36,37)22-6-2-4-16-5-3-13-29-24(16)22/h2-14H,15H2,1H3,(H3,27,28)(H,30,31)(H,34,35). The number of nitrogens with one attached hydrogen (secondary N) is 2. The van der Waals surface area contributed by atoms with E-state index in [2.05, 4.69) is 15.3 Å². The zero-order chi connectivity index (χ0) is 27.0. The fourth-order valence-electron chi connectivity index (χ4n) is 4.16. The summed E-state index contributed by atoms with van der Waals surface area (Å²) >= 11 is 0. The van der Waals surface area contributed by atoms with Crippen molar-refractivity contribution in [3.63, 3.8) is 0 Å². The van der Waals surface area contributed by atoms with Crippen LogP contribution in [-0.2, 0) is 21.9 Å². The molecule has 3 aromatic carbocycles. The first-order valence-corrected chi connectivity index (χ1v) is 12.9. The lowest BCUT2D eigenvalue weighted by atomic mass is 10.2. The van der Waals surface area contributed by atoms with Crippen LogP contribution in [0.3, 0.4) is 0 Å². The number of sulfonamides is 1. The van der Waals surface area contributed by atoms with Gasteiger partial charge in [0.1, 0.15) is 17.3 Å². The Hall–Kier alpha value is -4.97. The van der Waals surface area contributed by atoms with Crippen molar-refractivity contribution in [2.24, 2.45) is 12.8 Å². The molecule has 0 atom stereocenters. The van der Waals surface area contributed by atoms with Crippen LogP contribution in [0.15, 0.2) is 83.9 Å². The first kappa shape index (κ1) is 24.7. The highest BCUT2D eigenvalue weighted by molar-refractivity contribution is 7.93. The van der Waals surface area contributed by atoms with Crippen LogP contribution in [-0.4, -0.2) is 46.4 Å². The number of hydrogen-bond donors (Lipinski definition) is 4. The molecule has 2 aromatic heterocycles. The lowest BCUT2D eigenvalue weighted by Gasteiger charge is -2.23. The number of carbonyl (C=O) groups is 1. The summed E-state index contributed by atoms with van der Waals surface area (Å²) in [6, 6.07) is 19.9. The van der Waals surface area contributed by atoms with E-state index in [-0.39, 0.29) is 21.9 Å². The van der Waals surface area contributed by atoms with Crippen LogP contribution in [0.4, 0.5) is 17.3 Å². The Morgan fingerprint density at radius 3 is 2.55 bits per heavy atom. The molecule has 0 aliphatic heterocycles. The molecule has 0 radical (unpaired) electrons. The first-order chi connectivity index (χ1) is 18.1. The predicted molar refractivity (Wildman–Crippen MR) is 145 cm³/mol. The largest absolute Gasteiger partial charge is 0.480 e. The molecule has 192 valence electrons. The third kappa shape index (κ3) is 4.48. The van der Waals surface area contributed by atoms with Crippen molar-refractivity contribution in [2.75, 3.05) is 16.2 Å². The number of nitrogens with zero attached hydrogens (tertiary/aromatic N) is 4. The highest BCUT2D eigenvalue weighted by Gasteiger charge is 2.29. The number of nitrogen functional groups attached to an aromatic ring is 1. The number of carboxylic acid groups (broad SMARTS) is 1. The summed E-state index contributed by atoms with van der Waals surface area (Å²) < 4.78 is 30.2. The van der Waals surface area contributed by atoms with Crippen LogP contribution in [0.2, 0.25) is 0 Å². The molecule has 2 heterocycles. The van der Waals surface area contributed by atoms with Crippen molar-refractivity contribution in [1.82, 2.24) is 14.5 Å². The van der Waals surface area contributed by atoms with E-state index in [4.69, 9.17) is 11.1 Å². The number of pyridine rings is 1. The molecule has 5 aromatic rings. The van der Waals surface area contributed by atoms with E-state index in [9.17, 15) is 18.3 Å². The van der Waals surface area contributed by atoms with Gasteiger partial charge in [0.05, 0.1) is 22.2 Å². The summed E-state index contributed by atoms with van der Waals surface area (Å²) in [5.41, 5.74) is 8.40. The Kier molecular flexibility index (Phi) is 6.17. The third-order valence-electron chi connectivity index (χ3n) is 6.05. The van der Waals surface area contributed by atoms with Gasteiger partial charge in [-0.3, -0.25) is 19.5 Å². The molecule has 0 saturated carbocycles. The van der Waals surface area contributed by atoms with E-state index in [0.29, 0.717) is 33.6 Å². The van der Waals surface area contributed by atoms with Gasteiger partial charge in [-0.2, -0.15) is 0 Å². The average Bonchev–Trinajstić information content (AvgIpc) is 3.21. The monoisotopic (exact) mass is 529 g/mol. The van der Waals surface area contributed by atoms with Gasteiger partial charge in [-0.05, 0) is 54.6 Å². The van der Waals surface area contributed by atoms with Gasteiger partial charge in [0.2, 0.25) is 5.95 Å². The van der Waals surface area contributed by atoms with Crippen LogP contribution in [0.5, 0.6) is 0 Å². The SMILES string of the molecule is Cn1c(Nc2ccc(C(=N)N)cc2)nc2cc(N(CC(=O)O)S(=O)(=O)c3cccc4cccnc34)ccc21. The van der Waals surface area contributed by atoms with Crippen LogP contribution in [0, 0.1) is 5.41 Å². The number of hydrogen-bond acceptors (Lipinski definition) is 7. The van der Waals surface area contributed by atoms with Crippen molar-refractivity contribution in [3.05, 3.63) is 84.6 Å². The number of amidine groups is 1. The summed E-state index contributed by atoms with van der Waals surface area (Å²) in [6.07, 6.45) is 1.49. The number of anilines is 3. The van der Waals surface area contributed by atoms with Gasteiger partial charge in [0.15, 0.2) is 0 Å². The number of imidazole rings is 1. The molecule has 5 N–H and O–H groups in total. The zero-order valence-corrected chi connectivity index (χ0v) is 21.0. The van der Waals surface area contributed by atoms with Gasteiger partial charge < -0.3 is 20.7 Å². The molecule has 0 fully saturated rings. The number of benzene rings is 3. The van der Waals surface area contributed by atoms with Gasteiger partial charge >= 0.3 is 5.97 Å². The summed E-state index contributed by atoms with van der Waals surface area (Å²) in [4.78, 5) is 20.5. The normalized spacial score (nSPS) is 11.5. The van der Waals surface area contributed by atoms with E-state index in [0.717, 1.165) is 4.31 Å². The Labute approximate surface area is 217 Å². The minimum absolute atomic E-state index is 0.0352. The molecular formula is C26H23N7O4S. The molecule has 11 nitrogen and oxygen atoms in total. The Balaban J connectivity index is 1.55. The second kappa shape index (κ2) is 9.48.